The highest BCUT2D eigenvalue weighted by atomic mass is 32.2. The first kappa shape index (κ1) is 14.5. The van der Waals surface area contributed by atoms with Gasteiger partial charge in [0.15, 0.2) is 5.03 Å². The lowest BCUT2D eigenvalue weighted by molar-refractivity contribution is 0.172. The molecular weight excluding hydrogens is 264 g/mol. The predicted molar refractivity (Wildman–Crippen MR) is 73.4 cm³/mol. The van der Waals surface area contributed by atoms with Gasteiger partial charge in [-0.1, -0.05) is 13.8 Å². The number of imidazole rings is 1. The Bertz CT molecular complexity index is 516. The van der Waals surface area contributed by atoms with Crippen LogP contribution in [0.25, 0.3) is 0 Å². The van der Waals surface area contributed by atoms with Crippen LogP contribution in [0.5, 0.6) is 0 Å². The third-order valence-corrected chi connectivity index (χ3v) is 5.06. The third kappa shape index (κ3) is 3.34. The summed E-state index contributed by atoms with van der Waals surface area (Å²) in [6.45, 7) is 9.82. The number of aromatic amines is 1. The highest BCUT2D eigenvalue weighted by Crippen LogP contribution is 2.16. The fourth-order valence-corrected chi connectivity index (χ4v) is 3.72. The van der Waals surface area contributed by atoms with E-state index in [0.29, 0.717) is 24.8 Å². The molecule has 0 aliphatic carbocycles. The number of rotatable bonds is 4. The molecule has 0 amide bonds. The van der Waals surface area contributed by atoms with Crippen LogP contribution in [0.3, 0.4) is 0 Å². The Morgan fingerprint density at radius 2 is 1.95 bits per heavy atom. The van der Waals surface area contributed by atoms with E-state index in [1.165, 1.54) is 10.5 Å². The average molecular weight is 286 g/mol. The van der Waals surface area contributed by atoms with Gasteiger partial charge >= 0.3 is 0 Å². The van der Waals surface area contributed by atoms with Crippen molar-refractivity contribution in [3.8, 4) is 0 Å². The fraction of sp³-hybridized carbons (Fsp3) is 0.750. The second kappa shape index (κ2) is 5.60. The molecule has 6 nitrogen and oxygen atoms in total. The van der Waals surface area contributed by atoms with E-state index in [-0.39, 0.29) is 5.03 Å². The maximum atomic E-state index is 12.4. The highest BCUT2D eigenvalue weighted by molar-refractivity contribution is 7.89. The summed E-state index contributed by atoms with van der Waals surface area (Å²) in [5.74, 6) is 1.23. The van der Waals surface area contributed by atoms with Crippen molar-refractivity contribution < 1.29 is 8.42 Å². The molecule has 0 spiro atoms. The number of nitrogens with zero attached hydrogens (tertiary/aromatic N) is 3. The normalized spacial score (nSPS) is 19.2. The molecule has 7 heteroatoms. The molecule has 1 aliphatic rings. The number of nitrogens with one attached hydrogen (secondary N) is 1. The first-order valence-corrected chi connectivity index (χ1v) is 8.07. The van der Waals surface area contributed by atoms with E-state index in [1.807, 2.05) is 0 Å². The van der Waals surface area contributed by atoms with Crippen LogP contribution in [0, 0.1) is 12.8 Å². The van der Waals surface area contributed by atoms with E-state index >= 15 is 0 Å². The van der Waals surface area contributed by atoms with Crippen molar-refractivity contribution >= 4 is 10.0 Å². The summed E-state index contributed by atoms with van der Waals surface area (Å²) in [4.78, 5) is 9.08. The van der Waals surface area contributed by atoms with E-state index in [4.69, 9.17) is 0 Å². The van der Waals surface area contributed by atoms with Crippen molar-refractivity contribution in [2.24, 2.45) is 5.92 Å². The molecule has 1 fully saturated rings. The summed E-state index contributed by atoms with van der Waals surface area (Å²) in [6.07, 6.45) is 1.39. The minimum Gasteiger partial charge on any atom is -0.332 e. The summed E-state index contributed by atoms with van der Waals surface area (Å²) in [6, 6.07) is 0. The lowest BCUT2D eigenvalue weighted by atomic mass is 10.2. The first-order valence-electron chi connectivity index (χ1n) is 6.63. The van der Waals surface area contributed by atoms with Gasteiger partial charge in [0.2, 0.25) is 0 Å². The van der Waals surface area contributed by atoms with Crippen LogP contribution in [0.15, 0.2) is 11.2 Å². The summed E-state index contributed by atoms with van der Waals surface area (Å²) >= 11 is 0. The molecule has 0 unspecified atom stereocenters. The van der Waals surface area contributed by atoms with Gasteiger partial charge < -0.3 is 9.88 Å². The van der Waals surface area contributed by atoms with Crippen LogP contribution < -0.4 is 0 Å². The monoisotopic (exact) mass is 286 g/mol. The molecule has 1 aliphatic heterocycles. The van der Waals surface area contributed by atoms with Gasteiger partial charge in [-0.25, -0.2) is 13.4 Å². The summed E-state index contributed by atoms with van der Waals surface area (Å²) in [5, 5.41) is 0.197. The number of sulfonamides is 1. The van der Waals surface area contributed by atoms with E-state index in [9.17, 15) is 8.42 Å². The number of aromatic nitrogens is 2. The minimum absolute atomic E-state index is 0.197. The SMILES string of the molecule is Cc1ncc(S(=O)(=O)N2CCN(CC(C)C)CC2)[nH]1. The molecule has 1 N–H and O–H groups in total. The number of piperazine rings is 1. The molecule has 1 aromatic heterocycles. The molecule has 2 heterocycles. The molecule has 0 saturated carbocycles. The maximum absolute atomic E-state index is 12.4. The standard InChI is InChI=1S/C12H22N4O2S/c1-10(2)9-15-4-6-16(7-5-15)19(17,18)12-8-13-11(3)14-12/h8,10H,4-7,9H2,1-3H3,(H,13,14). The zero-order chi connectivity index (χ0) is 14.0. The maximum Gasteiger partial charge on any atom is 0.260 e. The molecule has 19 heavy (non-hydrogen) atoms. The largest absolute Gasteiger partial charge is 0.332 e. The van der Waals surface area contributed by atoms with Crippen molar-refractivity contribution in [3.05, 3.63) is 12.0 Å². The highest BCUT2D eigenvalue weighted by Gasteiger charge is 2.29. The average Bonchev–Trinajstić information content (AvgIpc) is 2.76. The van der Waals surface area contributed by atoms with Crippen molar-refractivity contribution in [3.63, 3.8) is 0 Å². The van der Waals surface area contributed by atoms with Crippen molar-refractivity contribution in [2.45, 2.75) is 25.8 Å². The van der Waals surface area contributed by atoms with Gasteiger partial charge in [-0.15, -0.1) is 0 Å². The molecule has 0 atom stereocenters. The molecule has 1 aromatic rings. The Morgan fingerprint density at radius 1 is 1.32 bits per heavy atom. The van der Waals surface area contributed by atoms with E-state index in [0.717, 1.165) is 19.6 Å². The lowest BCUT2D eigenvalue weighted by Crippen LogP contribution is -2.49. The van der Waals surface area contributed by atoms with Gasteiger partial charge in [-0.3, -0.25) is 0 Å². The summed E-state index contributed by atoms with van der Waals surface area (Å²) in [5.41, 5.74) is 0. The van der Waals surface area contributed by atoms with E-state index in [2.05, 4.69) is 28.7 Å². The van der Waals surface area contributed by atoms with E-state index in [1.54, 1.807) is 6.92 Å². The topological polar surface area (TPSA) is 69.3 Å². The molecule has 1 saturated heterocycles. The second-order valence-electron chi connectivity index (χ2n) is 5.43. The van der Waals surface area contributed by atoms with Gasteiger partial charge in [0.25, 0.3) is 10.0 Å². The van der Waals surface area contributed by atoms with Crippen LogP contribution in [0.1, 0.15) is 19.7 Å². The Labute approximate surface area is 114 Å². The Morgan fingerprint density at radius 3 is 2.42 bits per heavy atom. The number of hydrogen-bond donors (Lipinski definition) is 1. The van der Waals surface area contributed by atoms with Crippen molar-refractivity contribution in [1.82, 2.24) is 19.2 Å². The van der Waals surface area contributed by atoms with Crippen LogP contribution in [0.4, 0.5) is 0 Å². The first-order chi connectivity index (χ1) is 8.89. The van der Waals surface area contributed by atoms with Crippen LogP contribution in [-0.2, 0) is 10.0 Å². The molecule has 0 radical (unpaired) electrons. The number of aryl methyl sites for hydroxylation is 1. The molecule has 0 aromatic carbocycles. The third-order valence-electron chi connectivity index (χ3n) is 3.25. The van der Waals surface area contributed by atoms with E-state index < -0.39 is 10.0 Å². The van der Waals surface area contributed by atoms with Crippen LogP contribution >= 0.6 is 0 Å². The molecular formula is C12H22N4O2S. The van der Waals surface area contributed by atoms with Gasteiger partial charge in [-0.2, -0.15) is 4.31 Å². The summed E-state index contributed by atoms with van der Waals surface area (Å²) < 4.78 is 26.3. The van der Waals surface area contributed by atoms with Crippen LogP contribution in [-0.4, -0.2) is 60.3 Å². The zero-order valence-corrected chi connectivity index (χ0v) is 12.6. The number of hydrogen-bond acceptors (Lipinski definition) is 4. The minimum atomic E-state index is -3.40. The van der Waals surface area contributed by atoms with Crippen molar-refractivity contribution in [1.29, 1.82) is 0 Å². The summed E-state index contributed by atoms with van der Waals surface area (Å²) in [7, 11) is -3.40. The second-order valence-corrected chi connectivity index (χ2v) is 7.34. The van der Waals surface area contributed by atoms with Gasteiger partial charge in [0.05, 0.1) is 6.20 Å². The number of H-pyrrole nitrogens is 1. The van der Waals surface area contributed by atoms with Crippen molar-refractivity contribution in [2.75, 3.05) is 32.7 Å². The molecule has 0 bridgehead atoms. The van der Waals surface area contributed by atoms with Crippen LogP contribution in [0.2, 0.25) is 0 Å². The van der Waals surface area contributed by atoms with Gasteiger partial charge in [0.1, 0.15) is 5.82 Å². The smallest absolute Gasteiger partial charge is 0.260 e. The molecule has 108 valence electrons. The Hall–Kier alpha value is -0.920. The predicted octanol–water partition coefficient (Wildman–Crippen LogP) is 0.680. The fourth-order valence-electron chi connectivity index (χ4n) is 2.34. The van der Waals surface area contributed by atoms with Gasteiger partial charge in [0, 0.05) is 32.7 Å². The quantitative estimate of drug-likeness (QED) is 0.884. The lowest BCUT2D eigenvalue weighted by Gasteiger charge is -2.34. The Kier molecular flexibility index (Phi) is 4.27. The zero-order valence-electron chi connectivity index (χ0n) is 11.8. The Balaban J connectivity index is 2.01. The van der Waals surface area contributed by atoms with Gasteiger partial charge in [-0.05, 0) is 12.8 Å². The molecule has 2 rings (SSSR count).